The maximum Gasteiger partial charge on any atom is 0.411 e. The van der Waals surface area contributed by atoms with Gasteiger partial charge in [-0.3, -0.25) is 19.4 Å². The average molecular weight is 495 g/mol. The SMILES string of the molecule is CC1OC(C(C)C(=O)OCc2ccccc2)(N2C(=O)[C@@H](N3C(=O)OC[C@@H]3c3ccccc3)[C@H]2C=O)O1. The molecular formula is C26H26N2O8. The number of hydrogen-bond donors (Lipinski definition) is 0. The van der Waals surface area contributed by atoms with Crippen LogP contribution in [0.15, 0.2) is 60.7 Å². The van der Waals surface area contributed by atoms with Gasteiger partial charge in [0, 0.05) is 0 Å². The van der Waals surface area contributed by atoms with Crippen molar-refractivity contribution in [1.29, 1.82) is 0 Å². The summed E-state index contributed by atoms with van der Waals surface area (Å²) in [6, 6.07) is 15.5. The Morgan fingerprint density at radius 3 is 2.36 bits per heavy atom. The lowest BCUT2D eigenvalue weighted by molar-refractivity contribution is -0.507. The zero-order valence-electron chi connectivity index (χ0n) is 19.8. The molecule has 1 unspecified atom stereocenters. The molecular weight excluding hydrogens is 468 g/mol. The number of aldehydes is 1. The minimum absolute atomic E-state index is 0.0295. The molecule has 0 radical (unpaired) electrons. The number of amides is 2. The number of ether oxygens (including phenoxy) is 4. The van der Waals surface area contributed by atoms with Crippen LogP contribution in [0.25, 0.3) is 0 Å². The van der Waals surface area contributed by atoms with Gasteiger partial charge in [0.1, 0.15) is 37.5 Å². The number of nitrogens with zero attached hydrogens (tertiary/aromatic N) is 2. The minimum atomic E-state index is -1.82. The first kappa shape index (κ1) is 24.0. The Balaban J connectivity index is 1.37. The highest BCUT2D eigenvalue weighted by Gasteiger charge is 2.69. The zero-order valence-corrected chi connectivity index (χ0v) is 19.8. The third kappa shape index (κ3) is 3.82. The van der Waals surface area contributed by atoms with Gasteiger partial charge in [-0.05, 0) is 25.0 Å². The molecule has 0 aliphatic carbocycles. The number of esters is 1. The zero-order chi connectivity index (χ0) is 25.4. The average Bonchev–Trinajstić information content (AvgIpc) is 3.25. The highest BCUT2D eigenvalue weighted by atomic mass is 16.9. The summed E-state index contributed by atoms with van der Waals surface area (Å²) in [5.41, 5.74) is 1.57. The standard InChI is InChI=1S/C26H26N2O8/c1-16(24(31)33-14-18-9-5-3-6-10-18)26(35-17(2)36-26)28-20(13-29)22(23(28)30)27-21(15-34-25(27)32)19-11-7-4-8-12-19/h3-13,16-17,20-22H,14-15H2,1-2H3/t16?,17?,20-,21-,22+,26?/m1/s1. The molecule has 0 saturated carbocycles. The molecule has 188 valence electrons. The molecule has 4 atom stereocenters. The minimum Gasteiger partial charge on any atom is -0.460 e. The van der Waals surface area contributed by atoms with Gasteiger partial charge >= 0.3 is 12.1 Å². The Morgan fingerprint density at radius 2 is 1.75 bits per heavy atom. The van der Waals surface area contributed by atoms with Gasteiger partial charge in [-0.15, -0.1) is 0 Å². The van der Waals surface area contributed by atoms with Crippen molar-refractivity contribution in [2.24, 2.45) is 5.92 Å². The van der Waals surface area contributed by atoms with Crippen molar-refractivity contribution in [2.45, 2.75) is 50.8 Å². The van der Waals surface area contributed by atoms with Crippen LogP contribution in [0.4, 0.5) is 4.79 Å². The van der Waals surface area contributed by atoms with Crippen molar-refractivity contribution in [3.63, 3.8) is 0 Å². The Labute approximate surface area is 207 Å². The van der Waals surface area contributed by atoms with E-state index in [0.717, 1.165) is 16.0 Å². The molecule has 3 fully saturated rings. The van der Waals surface area contributed by atoms with E-state index in [0.29, 0.717) is 6.29 Å². The normalized spacial score (nSPS) is 30.2. The number of rotatable bonds is 8. The maximum absolute atomic E-state index is 13.5. The highest BCUT2D eigenvalue weighted by molar-refractivity contribution is 5.99. The molecule has 3 aliphatic heterocycles. The first-order chi connectivity index (χ1) is 17.4. The van der Waals surface area contributed by atoms with Gasteiger partial charge in [0.25, 0.3) is 11.8 Å². The summed E-state index contributed by atoms with van der Waals surface area (Å²) in [4.78, 5) is 53.7. The first-order valence-electron chi connectivity index (χ1n) is 11.7. The summed E-state index contributed by atoms with van der Waals surface area (Å²) >= 11 is 0. The molecule has 3 aliphatic rings. The lowest BCUT2D eigenvalue weighted by atomic mass is 9.88. The van der Waals surface area contributed by atoms with Gasteiger partial charge in [0.05, 0.1) is 6.04 Å². The number of β-lactam (4-membered cyclic amide) rings is 1. The van der Waals surface area contributed by atoms with Crippen molar-refractivity contribution >= 4 is 24.3 Å². The van der Waals surface area contributed by atoms with E-state index in [1.165, 1.54) is 11.8 Å². The van der Waals surface area contributed by atoms with Crippen LogP contribution in [0.3, 0.4) is 0 Å². The summed E-state index contributed by atoms with van der Waals surface area (Å²) in [5.74, 6) is -4.13. The van der Waals surface area contributed by atoms with Crippen molar-refractivity contribution < 1.29 is 38.1 Å². The first-order valence-corrected chi connectivity index (χ1v) is 11.7. The quantitative estimate of drug-likeness (QED) is 0.312. The van der Waals surface area contributed by atoms with Crippen LogP contribution >= 0.6 is 0 Å². The maximum atomic E-state index is 13.5. The number of cyclic esters (lactones) is 1. The predicted molar refractivity (Wildman–Crippen MR) is 123 cm³/mol. The molecule has 10 heteroatoms. The summed E-state index contributed by atoms with van der Waals surface area (Å²) < 4.78 is 22.3. The second kappa shape index (κ2) is 9.36. The largest absolute Gasteiger partial charge is 0.460 e. The van der Waals surface area contributed by atoms with E-state index < -0.39 is 54.2 Å². The summed E-state index contributed by atoms with van der Waals surface area (Å²) in [7, 11) is 0. The van der Waals surface area contributed by atoms with Gasteiger partial charge in [-0.25, -0.2) is 4.79 Å². The van der Waals surface area contributed by atoms with Gasteiger partial charge in [0.15, 0.2) is 6.29 Å². The van der Waals surface area contributed by atoms with Crippen LogP contribution in [0.1, 0.15) is 31.0 Å². The van der Waals surface area contributed by atoms with Crippen LogP contribution in [0.5, 0.6) is 0 Å². The van der Waals surface area contributed by atoms with E-state index in [-0.39, 0.29) is 13.2 Å². The Kier molecular flexibility index (Phi) is 6.23. The third-order valence-electron chi connectivity index (χ3n) is 6.78. The van der Waals surface area contributed by atoms with Crippen LogP contribution in [-0.4, -0.2) is 64.9 Å². The number of benzene rings is 2. The molecule has 2 amide bonds. The Bertz CT molecular complexity index is 1150. The molecule has 36 heavy (non-hydrogen) atoms. The van der Waals surface area contributed by atoms with E-state index in [1.807, 2.05) is 60.7 Å². The van der Waals surface area contributed by atoms with E-state index in [1.54, 1.807) is 6.92 Å². The molecule has 3 saturated heterocycles. The van der Waals surface area contributed by atoms with Crippen molar-refractivity contribution in [3.05, 3.63) is 71.8 Å². The summed E-state index contributed by atoms with van der Waals surface area (Å²) in [6.07, 6.45) is -0.844. The van der Waals surface area contributed by atoms with Gasteiger partial charge in [-0.2, -0.15) is 0 Å². The summed E-state index contributed by atoms with van der Waals surface area (Å²) in [5, 5.41) is 0. The van der Waals surface area contributed by atoms with Crippen LogP contribution in [0.2, 0.25) is 0 Å². The van der Waals surface area contributed by atoms with Crippen molar-refractivity contribution in [1.82, 2.24) is 9.80 Å². The van der Waals surface area contributed by atoms with Gasteiger partial charge < -0.3 is 23.7 Å². The molecule has 0 spiro atoms. The topological polar surface area (TPSA) is 112 Å². The molecule has 0 N–H and O–H groups in total. The molecule has 10 nitrogen and oxygen atoms in total. The lowest BCUT2D eigenvalue weighted by Crippen LogP contribution is -2.83. The molecule has 5 rings (SSSR count). The monoisotopic (exact) mass is 494 g/mol. The number of carbonyl (C=O) groups is 4. The molecule has 0 bridgehead atoms. The van der Waals surface area contributed by atoms with Crippen LogP contribution < -0.4 is 0 Å². The van der Waals surface area contributed by atoms with E-state index in [9.17, 15) is 19.2 Å². The number of carbonyl (C=O) groups excluding carboxylic acids is 4. The van der Waals surface area contributed by atoms with Gasteiger partial charge in [-0.1, -0.05) is 60.7 Å². The van der Waals surface area contributed by atoms with Crippen molar-refractivity contribution in [2.75, 3.05) is 6.61 Å². The number of likely N-dealkylation sites (tertiary alicyclic amines) is 1. The molecule has 0 aromatic heterocycles. The second-order valence-electron chi connectivity index (χ2n) is 8.94. The third-order valence-corrected chi connectivity index (χ3v) is 6.78. The smallest absolute Gasteiger partial charge is 0.411 e. The number of hydrogen-bond acceptors (Lipinski definition) is 8. The van der Waals surface area contributed by atoms with E-state index in [2.05, 4.69) is 0 Å². The summed E-state index contributed by atoms with van der Waals surface area (Å²) in [6.45, 7) is 3.21. The van der Waals surface area contributed by atoms with Crippen LogP contribution in [-0.2, 0) is 39.9 Å². The molecule has 3 heterocycles. The van der Waals surface area contributed by atoms with Gasteiger partial charge in [0.2, 0.25) is 0 Å². The van der Waals surface area contributed by atoms with E-state index >= 15 is 0 Å². The highest BCUT2D eigenvalue weighted by Crippen LogP contribution is 2.47. The van der Waals surface area contributed by atoms with Crippen molar-refractivity contribution in [3.8, 4) is 0 Å². The van der Waals surface area contributed by atoms with Crippen LogP contribution in [0, 0.1) is 5.92 Å². The fourth-order valence-electron chi connectivity index (χ4n) is 4.96. The second-order valence-corrected chi connectivity index (χ2v) is 8.94. The fraction of sp³-hybridized carbons (Fsp3) is 0.385. The Hall–Kier alpha value is -3.76. The molecule has 2 aromatic rings. The predicted octanol–water partition coefficient (Wildman–Crippen LogP) is 2.38. The fourth-order valence-corrected chi connectivity index (χ4v) is 4.96. The van der Waals surface area contributed by atoms with E-state index in [4.69, 9.17) is 18.9 Å². The lowest BCUT2D eigenvalue weighted by Gasteiger charge is -2.61. The molecule has 2 aromatic carbocycles. The Morgan fingerprint density at radius 1 is 1.11 bits per heavy atom.